The minimum atomic E-state index is 0.0470. The zero-order valence-electron chi connectivity index (χ0n) is 19.3. The quantitative estimate of drug-likeness (QED) is 0.271. The van der Waals surface area contributed by atoms with Crippen LogP contribution in [0.3, 0.4) is 0 Å². The first kappa shape index (κ1) is 21.8. The summed E-state index contributed by atoms with van der Waals surface area (Å²) in [7, 11) is 0.119. The largest absolute Gasteiger partial charge is 0.341 e. The highest BCUT2D eigenvalue weighted by Gasteiger charge is 2.27. The highest BCUT2D eigenvalue weighted by Crippen LogP contribution is 2.44. The van der Waals surface area contributed by atoms with Crippen molar-refractivity contribution in [2.45, 2.75) is 25.7 Å². The van der Waals surface area contributed by atoms with Gasteiger partial charge in [-0.25, -0.2) is 9.97 Å². The molecule has 7 rings (SSSR count). The van der Waals surface area contributed by atoms with E-state index < -0.39 is 0 Å². The molecule has 0 bridgehead atoms. The molecule has 0 saturated carbocycles. The van der Waals surface area contributed by atoms with Gasteiger partial charge in [0.1, 0.15) is 23.2 Å². The Hall–Kier alpha value is -3.46. The smallest absolute Gasteiger partial charge is 0.146 e. The van der Waals surface area contributed by atoms with Gasteiger partial charge in [-0.05, 0) is 70.3 Å². The third-order valence-electron chi connectivity index (χ3n) is 7.41. The number of aromatic nitrogens is 4. The van der Waals surface area contributed by atoms with Gasteiger partial charge in [-0.2, -0.15) is 0 Å². The molecule has 6 nitrogen and oxygen atoms in total. The first-order valence-electron chi connectivity index (χ1n) is 12.0. The number of carbonyl (C=O) groups excluding carboxylic acids is 2. The average molecular weight is 508 g/mol. The van der Waals surface area contributed by atoms with Crippen LogP contribution < -0.4 is 11.1 Å². The first-order valence-corrected chi connectivity index (χ1v) is 14.1. The Kier molecular flexibility index (Phi) is 5.20. The molecular weight excluding hydrogens is 486 g/mol. The molecule has 5 aromatic rings. The van der Waals surface area contributed by atoms with Gasteiger partial charge in [0.25, 0.3) is 0 Å². The lowest BCUT2D eigenvalue weighted by Gasteiger charge is -2.27. The lowest BCUT2D eigenvalue weighted by atomic mass is 9.77. The van der Waals surface area contributed by atoms with Crippen LogP contribution in [0.25, 0.3) is 44.4 Å². The Balaban J connectivity index is 1.30. The molecule has 0 saturated heterocycles. The van der Waals surface area contributed by atoms with Crippen molar-refractivity contribution in [3.63, 3.8) is 0 Å². The van der Waals surface area contributed by atoms with Crippen LogP contribution in [0.2, 0.25) is 0 Å². The van der Waals surface area contributed by atoms with Gasteiger partial charge in [-0.1, -0.05) is 36.4 Å². The van der Waals surface area contributed by atoms with E-state index in [-0.39, 0.29) is 17.2 Å². The number of rotatable bonds is 5. The normalized spacial score (nSPS) is 14.2. The Morgan fingerprint density at radius 2 is 1.47 bits per heavy atom. The molecule has 0 spiro atoms. The number of imidazole rings is 2. The minimum absolute atomic E-state index is 0.0470. The van der Waals surface area contributed by atoms with E-state index in [9.17, 15) is 9.59 Å². The first-order chi connectivity index (χ1) is 17.7. The fourth-order valence-electron chi connectivity index (χ4n) is 5.86. The predicted octanol–water partition coefficient (Wildman–Crippen LogP) is 4.47. The molecule has 0 radical (unpaired) electrons. The van der Waals surface area contributed by atoms with Crippen LogP contribution >= 0.6 is 17.2 Å². The van der Waals surface area contributed by atoms with Crippen molar-refractivity contribution < 1.29 is 9.59 Å². The number of benzene rings is 3. The topological polar surface area (TPSA) is 91.5 Å². The highest BCUT2D eigenvalue weighted by atomic mass is 31.1. The van der Waals surface area contributed by atoms with E-state index in [1.165, 1.54) is 44.2 Å². The van der Waals surface area contributed by atoms with Crippen molar-refractivity contribution in [1.82, 2.24) is 19.9 Å². The van der Waals surface area contributed by atoms with E-state index in [2.05, 4.69) is 57.4 Å². The SMILES string of the molecule is O=CPc1ncc(-c2ccc3c4c(ccc3c2)-c2ccc3c(c2CC4)CCc2[nH]c(PC=O)nc2-3)[nH]1. The Bertz CT molecular complexity index is 1700. The minimum Gasteiger partial charge on any atom is -0.341 e. The second-order valence-electron chi connectivity index (χ2n) is 9.23. The summed E-state index contributed by atoms with van der Waals surface area (Å²) in [5, 5.41) is 2.51. The number of fused-ring (bicyclic) bond motifs is 9. The van der Waals surface area contributed by atoms with E-state index in [1.807, 2.05) is 0 Å². The number of hydrogen-bond donors (Lipinski definition) is 2. The average Bonchev–Trinajstić information content (AvgIpc) is 3.55. The van der Waals surface area contributed by atoms with Crippen molar-refractivity contribution in [3.05, 3.63) is 71.0 Å². The maximum absolute atomic E-state index is 11.0. The molecule has 2 aromatic heterocycles. The monoisotopic (exact) mass is 508 g/mol. The molecule has 2 aliphatic carbocycles. The number of H-pyrrole nitrogens is 2. The molecule has 0 fully saturated rings. The van der Waals surface area contributed by atoms with Crippen LogP contribution in [-0.4, -0.2) is 32.0 Å². The number of aryl methyl sites for hydroxylation is 2. The number of aromatic amines is 2. The van der Waals surface area contributed by atoms with Gasteiger partial charge in [0, 0.05) is 34.0 Å². The fraction of sp³-hybridized carbons (Fsp3) is 0.143. The molecule has 36 heavy (non-hydrogen) atoms. The number of nitrogens with zero attached hydrogens (tertiary/aromatic N) is 2. The Labute approximate surface area is 210 Å². The Morgan fingerprint density at radius 1 is 0.750 bits per heavy atom. The van der Waals surface area contributed by atoms with Gasteiger partial charge in [0.15, 0.2) is 0 Å². The highest BCUT2D eigenvalue weighted by molar-refractivity contribution is 7.62. The van der Waals surface area contributed by atoms with Crippen molar-refractivity contribution in [2.24, 2.45) is 0 Å². The summed E-state index contributed by atoms with van der Waals surface area (Å²) in [5.74, 6) is 0. The van der Waals surface area contributed by atoms with Gasteiger partial charge in [-0.3, -0.25) is 9.59 Å². The molecule has 176 valence electrons. The van der Waals surface area contributed by atoms with E-state index in [0.29, 0.717) is 5.57 Å². The molecule has 2 atom stereocenters. The zero-order valence-corrected chi connectivity index (χ0v) is 21.3. The molecular formula is C28H22N4O2P2. The summed E-state index contributed by atoms with van der Waals surface area (Å²) in [6.45, 7) is 0. The van der Waals surface area contributed by atoms with Crippen LogP contribution in [0.15, 0.2) is 48.7 Å². The summed E-state index contributed by atoms with van der Waals surface area (Å²) in [6.07, 6.45) is 5.77. The van der Waals surface area contributed by atoms with Crippen LogP contribution in [0.4, 0.5) is 0 Å². The van der Waals surface area contributed by atoms with Crippen molar-refractivity contribution in [1.29, 1.82) is 0 Å². The second kappa shape index (κ2) is 8.58. The third-order valence-corrected chi connectivity index (χ3v) is 8.69. The van der Waals surface area contributed by atoms with E-state index in [0.717, 1.165) is 65.9 Å². The standard InChI is InChI=1S/C28H22N4O2P2/c33-13-35-27-29-12-25(31-27)16-2-3-17-15(11-16)1-4-19-18(17)5-6-21-20(19)7-8-23-22(21)9-10-24-26(23)32-28(30-24)36-14-34/h1-4,7-8,11-14,35-36H,5-6,9-10H2,(H,29,31)(H,30,32). The van der Waals surface area contributed by atoms with Gasteiger partial charge < -0.3 is 9.97 Å². The summed E-state index contributed by atoms with van der Waals surface area (Å²) in [5.41, 5.74) is 13.8. The van der Waals surface area contributed by atoms with Crippen LogP contribution in [-0.2, 0) is 35.3 Å². The van der Waals surface area contributed by atoms with Gasteiger partial charge >= 0.3 is 0 Å². The lowest BCUT2D eigenvalue weighted by Crippen LogP contribution is -2.12. The molecule has 2 unspecified atom stereocenters. The van der Waals surface area contributed by atoms with Crippen LogP contribution in [0.1, 0.15) is 22.4 Å². The molecule has 2 N–H and O–H groups in total. The van der Waals surface area contributed by atoms with Crippen molar-refractivity contribution >= 4 is 51.1 Å². The van der Waals surface area contributed by atoms with Crippen molar-refractivity contribution in [3.8, 4) is 33.6 Å². The van der Waals surface area contributed by atoms with Gasteiger partial charge in [0.2, 0.25) is 0 Å². The summed E-state index contributed by atoms with van der Waals surface area (Å²) < 4.78 is 0. The van der Waals surface area contributed by atoms with Gasteiger partial charge in [0.05, 0.1) is 17.6 Å². The summed E-state index contributed by atoms with van der Waals surface area (Å²) >= 11 is 0. The molecule has 3 aromatic carbocycles. The number of carbonyl (C=O) groups is 2. The lowest BCUT2D eigenvalue weighted by molar-refractivity contribution is 0.569. The maximum atomic E-state index is 11.0. The zero-order chi connectivity index (χ0) is 24.2. The predicted molar refractivity (Wildman–Crippen MR) is 149 cm³/mol. The molecule has 8 heteroatoms. The van der Waals surface area contributed by atoms with E-state index in [4.69, 9.17) is 4.98 Å². The second-order valence-corrected chi connectivity index (χ2v) is 11.2. The van der Waals surface area contributed by atoms with Crippen molar-refractivity contribution in [2.75, 3.05) is 0 Å². The Morgan fingerprint density at radius 3 is 2.36 bits per heavy atom. The summed E-state index contributed by atoms with van der Waals surface area (Å²) in [6, 6.07) is 17.4. The van der Waals surface area contributed by atoms with E-state index >= 15 is 0 Å². The fourth-order valence-corrected chi connectivity index (χ4v) is 6.82. The van der Waals surface area contributed by atoms with E-state index in [1.54, 1.807) is 6.20 Å². The molecule has 0 amide bonds. The number of hydrogen-bond acceptors (Lipinski definition) is 4. The third kappa shape index (κ3) is 3.40. The van der Waals surface area contributed by atoms with Crippen LogP contribution in [0, 0.1) is 0 Å². The molecule has 2 heterocycles. The van der Waals surface area contributed by atoms with Crippen LogP contribution in [0.5, 0.6) is 0 Å². The summed E-state index contributed by atoms with van der Waals surface area (Å²) in [4.78, 5) is 37.5. The molecule has 0 aliphatic heterocycles. The molecule has 2 aliphatic rings. The number of nitrogens with one attached hydrogen (secondary N) is 2. The maximum Gasteiger partial charge on any atom is 0.146 e. The van der Waals surface area contributed by atoms with Gasteiger partial charge in [-0.15, -0.1) is 0 Å².